The van der Waals surface area contributed by atoms with Gasteiger partial charge in [-0.2, -0.15) is 11.8 Å². The smallest absolute Gasteiger partial charge is 0.0507 e. The topological polar surface area (TPSA) is 12.5 Å². The van der Waals surface area contributed by atoms with Crippen LogP contribution in [0.1, 0.15) is 23.6 Å². The minimum Gasteiger partial charge on any atom is -0.381 e. The predicted octanol–water partition coefficient (Wildman–Crippen LogP) is 3.12. The summed E-state index contributed by atoms with van der Waals surface area (Å²) in [6.07, 6.45) is 1.24. The second kappa shape index (κ2) is 6.29. The van der Waals surface area contributed by atoms with Crippen LogP contribution < -0.4 is 0 Å². The zero-order chi connectivity index (χ0) is 13.1. The summed E-state index contributed by atoms with van der Waals surface area (Å²) in [5.41, 5.74) is 2.83. The third-order valence-corrected chi connectivity index (χ3v) is 5.24. The van der Waals surface area contributed by atoms with Crippen molar-refractivity contribution in [3.05, 3.63) is 35.4 Å². The molecule has 2 aliphatic heterocycles. The lowest BCUT2D eigenvalue weighted by Gasteiger charge is -2.37. The Labute approximate surface area is 120 Å². The molecule has 104 valence electrons. The molecule has 0 unspecified atom stereocenters. The van der Waals surface area contributed by atoms with Crippen LogP contribution in [0.25, 0.3) is 0 Å². The standard InChI is InChI=1S/C16H23NOS/c1-13-2-4-15(5-3-13)16-12-19-9-7-17(16)10-14-6-8-18-11-14/h2-5,14,16H,6-12H2,1H3/t14-,16+/m0/s1. The van der Waals surface area contributed by atoms with Crippen molar-refractivity contribution in [3.63, 3.8) is 0 Å². The number of thioether (sulfide) groups is 1. The first-order valence-corrected chi connectivity index (χ1v) is 8.44. The maximum Gasteiger partial charge on any atom is 0.0507 e. The van der Waals surface area contributed by atoms with Crippen molar-refractivity contribution in [2.75, 3.05) is 37.8 Å². The molecule has 3 rings (SSSR count). The van der Waals surface area contributed by atoms with Crippen LogP contribution in [0.5, 0.6) is 0 Å². The van der Waals surface area contributed by atoms with E-state index in [2.05, 4.69) is 47.9 Å². The van der Waals surface area contributed by atoms with Crippen molar-refractivity contribution >= 4 is 11.8 Å². The van der Waals surface area contributed by atoms with Gasteiger partial charge in [0.05, 0.1) is 6.61 Å². The Morgan fingerprint density at radius 2 is 2.16 bits per heavy atom. The summed E-state index contributed by atoms with van der Waals surface area (Å²) < 4.78 is 5.52. The van der Waals surface area contributed by atoms with E-state index in [1.54, 1.807) is 0 Å². The SMILES string of the molecule is Cc1ccc([C@H]2CSCCN2C[C@@H]2CCOC2)cc1. The van der Waals surface area contributed by atoms with Gasteiger partial charge in [0.1, 0.15) is 0 Å². The molecule has 0 aromatic heterocycles. The van der Waals surface area contributed by atoms with Gasteiger partial charge in [0, 0.05) is 37.2 Å². The predicted molar refractivity (Wildman–Crippen MR) is 81.7 cm³/mol. The Balaban J connectivity index is 1.70. The zero-order valence-electron chi connectivity index (χ0n) is 11.7. The molecule has 2 saturated heterocycles. The number of hydrogen-bond acceptors (Lipinski definition) is 3. The molecule has 2 aliphatic rings. The molecule has 0 N–H and O–H groups in total. The second-order valence-corrected chi connectivity index (χ2v) is 6.88. The van der Waals surface area contributed by atoms with Crippen LogP contribution in [0.2, 0.25) is 0 Å². The molecule has 2 nitrogen and oxygen atoms in total. The van der Waals surface area contributed by atoms with E-state index < -0.39 is 0 Å². The third-order valence-electron chi connectivity index (χ3n) is 4.22. The lowest BCUT2D eigenvalue weighted by Crippen LogP contribution is -2.39. The molecular weight excluding hydrogens is 254 g/mol. The van der Waals surface area contributed by atoms with Gasteiger partial charge in [-0.05, 0) is 24.8 Å². The van der Waals surface area contributed by atoms with E-state index in [1.165, 1.54) is 42.1 Å². The number of hydrogen-bond donors (Lipinski definition) is 0. The first-order valence-electron chi connectivity index (χ1n) is 7.29. The summed E-state index contributed by atoms with van der Waals surface area (Å²) >= 11 is 2.09. The van der Waals surface area contributed by atoms with E-state index in [9.17, 15) is 0 Å². The van der Waals surface area contributed by atoms with Gasteiger partial charge in [-0.3, -0.25) is 4.90 Å². The van der Waals surface area contributed by atoms with Gasteiger partial charge in [-0.25, -0.2) is 0 Å². The van der Waals surface area contributed by atoms with E-state index in [-0.39, 0.29) is 0 Å². The molecule has 2 heterocycles. The highest BCUT2D eigenvalue weighted by molar-refractivity contribution is 7.99. The van der Waals surface area contributed by atoms with E-state index in [0.717, 1.165) is 19.1 Å². The molecule has 2 atom stereocenters. The maximum atomic E-state index is 5.52. The van der Waals surface area contributed by atoms with Crippen LogP contribution in [0.3, 0.4) is 0 Å². The molecular formula is C16H23NOS. The van der Waals surface area contributed by atoms with E-state index >= 15 is 0 Å². The Morgan fingerprint density at radius 3 is 2.89 bits per heavy atom. The molecule has 0 radical (unpaired) electrons. The highest BCUT2D eigenvalue weighted by Crippen LogP contribution is 2.31. The normalized spacial score (nSPS) is 28.7. The fraction of sp³-hybridized carbons (Fsp3) is 0.625. The quantitative estimate of drug-likeness (QED) is 0.842. The number of rotatable bonds is 3. The highest BCUT2D eigenvalue weighted by atomic mass is 32.2. The minimum atomic E-state index is 0.597. The van der Waals surface area contributed by atoms with Crippen molar-refractivity contribution < 1.29 is 4.74 Å². The average Bonchev–Trinajstić information content (AvgIpc) is 2.93. The molecule has 2 fully saturated rings. The fourth-order valence-electron chi connectivity index (χ4n) is 3.01. The van der Waals surface area contributed by atoms with Crippen molar-refractivity contribution in [1.29, 1.82) is 0 Å². The minimum absolute atomic E-state index is 0.597. The number of nitrogens with zero attached hydrogens (tertiary/aromatic N) is 1. The molecule has 1 aromatic carbocycles. The molecule has 0 saturated carbocycles. The van der Waals surface area contributed by atoms with Gasteiger partial charge in [0.25, 0.3) is 0 Å². The van der Waals surface area contributed by atoms with Crippen LogP contribution >= 0.6 is 11.8 Å². The lowest BCUT2D eigenvalue weighted by atomic mass is 10.0. The molecule has 0 amide bonds. The molecule has 3 heteroatoms. The first-order chi connectivity index (χ1) is 9.33. The molecule has 1 aromatic rings. The summed E-state index contributed by atoms with van der Waals surface area (Å²) in [6.45, 7) is 6.51. The Kier molecular flexibility index (Phi) is 4.46. The van der Waals surface area contributed by atoms with Gasteiger partial charge in [0.15, 0.2) is 0 Å². The van der Waals surface area contributed by atoms with E-state index in [0.29, 0.717) is 6.04 Å². The van der Waals surface area contributed by atoms with Gasteiger partial charge < -0.3 is 4.74 Å². The zero-order valence-corrected chi connectivity index (χ0v) is 12.5. The Hall–Kier alpha value is -0.510. The van der Waals surface area contributed by atoms with Crippen LogP contribution in [-0.4, -0.2) is 42.7 Å². The van der Waals surface area contributed by atoms with E-state index in [4.69, 9.17) is 4.74 Å². The summed E-state index contributed by atoms with van der Waals surface area (Å²) in [5, 5.41) is 0. The third kappa shape index (κ3) is 3.33. The maximum absolute atomic E-state index is 5.52. The largest absolute Gasteiger partial charge is 0.381 e. The van der Waals surface area contributed by atoms with Crippen LogP contribution in [0, 0.1) is 12.8 Å². The fourth-order valence-corrected chi connectivity index (χ4v) is 4.17. The highest BCUT2D eigenvalue weighted by Gasteiger charge is 2.27. The molecule has 0 spiro atoms. The van der Waals surface area contributed by atoms with Gasteiger partial charge in [-0.1, -0.05) is 29.8 Å². The van der Waals surface area contributed by atoms with Crippen LogP contribution in [-0.2, 0) is 4.74 Å². The monoisotopic (exact) mass is 277 g/mol. The summed E-state index contributed by atoms with van der Waals surface area (Å²) in [4.78, 5) is 2.68. The van der Waals surface area contributed by atoms with E-state index in [1.807, 2.05) is 0 Å². The summed E-state index contributed by atoms with van der Waals surface area (Å²) in [5.74, 6) is 3.25. The molecule has 0 bridgehead atoms. The molecule has 0 aliphatic carbocycles. The van der Waals surface area contributed by atoms with Gasteiger partial charge in [-0.15, -0.1) is 0 Å². The number of ether oxygens (including phenoxy) is 1. The van der Waals surface area contributed by atoms with Crippen molar-refractivity contribution in [3.8, 4) is 0 Å². The Bertz CT molecular complexity index is 400. The average molecular weight is 277 g/mol. The number of aryl methyl sites for hydroxylation is 1. The summed E-state index contributed by atoms with van der Waals surface area (Å²) in [7, 11) is 0. The second-order valence-electron chi connectivity index (χ2n) is 5.73. The van der Waals surface area contributed by atoms with Crippen molar-refractivity contribution in [2.24, 2.45) is 5.92 Å². The van der Waals surface area contributed by atoms with Gasteiger partial charge in [0.2, 0.25) is 0 Å². The van der Waals surface area contributed by atoms with Crippen molar-refractivity contribution in [1.82, 2.24) is 4.90 Å². The molecule has 19 heavy (non-hydrogen) atoms. The lowest BCUT2D eigenvalue weighted by molar-refractivity contribution is 0.152. The van der Waals surface area contributed by atoms with Crippen LogP contribution in [0.15, 0.2) is 24.3 Å². The van der Waals surface area contributed by atoms with Crippen LogP contribution in [0.4, 0.5) is 0 Å². The first kappa shape index (κ1) is 13.5. The number of benzene rings is 1. The van der Waals surface area contributed by atoms with Crippen molar-refractivity contribution in [2.45, 2.75) is 19.4 Å². The Morgan fingerprint density at radius 1 is 1.32 bits per heavy atom. The summed E-state index contributed by atoms with van der Waals surface area (Å²) in [6, 6.07) is 9.70. The van der Waals surface area contributed by atoms with Gasteiger partial charge >= 0.3 is 0 Å².